The van der Waals surface area contributed by atoms with Crippen LogP contribution in [0.15, 0.2) is 72.8 Å². The average Bonchev–Trinajstić information content (AvgIpc) is 3.18. The summed E-state index contributed by atoms with van der Waals surface area (Å²) in [7, 11) is 0. The van der Waals surface area contributed by atoms with Gasteiger partial charge in [0.15, 0.2) is 0 Å². The molecular weight excluding hydrogens is 304 g/mol. The van der Waals surface area contributed by atoms with Crippen molar-refractivity contribution in [2.45, 2.75) is 0 Å². The number of hydrogen-bond acceptors (Lipinski definition) is 1. The van der Waals surface area contributed by atoms with Gasteiger partial charge in [0.25, 0.3) is 0 Å². The van der Waals surface area contributed by atoms with E-state index in [0.29, 0.717) is 5.56 Å². The van der Waals surface area contributed by atoms with Crippen LogP contribution in [-0.4, -0.2) is 4.40 Å². The Labute approximate surface area is 143 Å². The fraction of sp³-hybridized carbons (Fsp3) is 0. The lowest BCUT2D eigenvalue weighted by molar-refractivity contribution is 1.37. The lowest BCUT2D eigenvalue weighted by Gasteiger charge is -2.02. The van der Waals surface area contributed by atoms with Crippen molar-refractivity contribution in [3.63, 3.8) is 0 Å². The third-order valence-electron chi connectivity index (χ3n) is 5.32. The van der Waals surface area contributed by atoms with E-state index < -0.39 is 0 Å². The third-order valence-corrected chi connectivity index (χ3v) is 5.32. The Balaban J connectivity index is 2.09. The molecule has 2 heterocycles. The first-order valence-corrected chi connectivity index (χ1v) is 8.36. The molecule has 2 aromatic heterocycles. The fourth-order valence-electron chi connectivity index (χ4n) is 4.31. The smallest absolute Gasteiger partial charge is 0.0991 e. The highest BCUT2D eigenvalue weighted by atomic mass is 14.9. The van der Waals surface area contributed by atoms with Crippen molar-refractivity contribution >= 4 is 48.9 Å². The maximum atomic E-state index is 9.36. The van der Waals surface area contributed by atoms with Crippen LogP contribution in [-0.2, 0) is 0 Å². The van der Waals surface area contributed by atoms with Gasteiger partial charge >= 0.3 is 0 Å². The molecule has 0 amide bonds. The number of benzene rings is 4. The van der Waals surface area contributed by atoms with E-state index in [2.05, 4.69) is 71.1 Å². The summed E-state index contributed by atoms with van der Waals surface area (Å²) in [6, 6.07) is 27.7. The molecule has 0 aliphatic heterocycles. The zero-order valence-corrected chi connectivity index (χ0v) is 13.3. The highest BCUT2D eigenvalue weighted by molar-refractivity contribution is 6.31. The lowest BCUT2D eigenvalue weighted by Crippen LogP contribution is -1.80. The molecule has 0 aliphatic rings. The molecule has 0 spiro atoms. The molecular formula is C23H12N2. The Morgan fingerprint density at radius 1 is 0.680 bits per heavy atom. The second-order valence-corrected chi connectivity index (χ2v) is 6.57. The van der Waals surface area contributed by atoms with Crippen molar-refractivity contribution < 1.29 is 0 Å². The molecule has 2 heteroatoms. The van der Waals surface area contributed by atoms with Crippen LogP contribution < -0.4 is 0 Å². The molecule has 4 aromatic carbocycles. The quantitative estimate of drug-likeness (QED) is 0.345. The molecule has 0 saturated heterocycles. The van der Waals surface area contributed by atoms with Crippen LogP contribution in [0.1, 0.15) is 5.56 Å². The molecule has 0 N–H and O–H groups in total. The molecule has 114 valence electrons. The summed E-state index contributed by atoms with van der Waals surface area (Å²) < 4.78 is 2.35. The highest BCUT2D eigenvalue weighted by Crippen LogP contribution is 2.42. The number of nitriles is 1. The first-order chi connectivity index (χ1) is 12.4. The van der Waals surface area contributed by atoms with Crippen molar-refractivity contribution in [3.8, 4) is 6.07 Å². The zero-order valence-electron chi connectivity index (χ0n) is 13.3. The van der Waals surface area contributed by atoms with E-state index in [-0.39, 0.29) is 0 Å². The molecule has 2 nitrogen and oxygen atoms in total. The molecule has 0 bridgehead atoms. The SMILES string of the molecule is N#Cc1ccc2c(c1)c1c3ccccc3cc3c4ccccc4n2c31. The van der Waals surface area contributed by atoms with Gasteiger partial charge in [-0.3, -0.25) is 0 Å². The Hall–Kier alpha value is -3.57. The Morgan fingerprint density at radius 3 is 2.32 bits per heavy atom. The standard InChI is InChI=1S/C23H12N2/c24-13-14-9-10-21-19(11-14)22-16-6-2-1-5-15(16)12-18-17-7-3-4-8-20(17)25(21)23(18)22/h1-12H. The first-order valence-electron chi connectivity index (χ1n) is 8.36. The van der Waals surface area contributed by atoms with Crippen LogP contribution in [0.5, 0.6) is 0 Å². The second-order valence-electron chi connectivity index (χ2n) is 6.57. The van der Waals surface area contributed by atoms with Crippen molar-refractivity contribution in [2.24, 2.45) is 0 Å². The van der Waals surface area contributed by atoms with Gasteiger partial charge in [-0.2, -0.15) is 5.26 Å². The maximum Gasteiger partial charge on any atom is 0.0991 e. The van der Waals surface area contributed by atoms with Gasteiger partial charge in [0.05, 0.1) is 28.2 Å². The number of para-hydroxylation sites is 1. The van der Waals surface area contributed by atoms with E-state index in [1.165, 1.54) is 38.0 Å². The van der Waals surface area contributed by atoms with Gasteiger partial charge in [-0.15, -0.1) is 0 Å². The van der Waals surface area contributed by atoms with Gasteiger partial charge in [-0.1, -0.05) is 42.5 Å². The van der Waals surface area contributed by atoms with Crippen LogP contribution in [0.2, 0.25) is 0 Å². The monoisotopic (exact) mass is 316 g/mol. The molecule has 0 atom stereocenters. The molecule has 6 aromatic rings. The van der Waals surface area contributed by atoms with Crippen LogP contribution in [0.4, 0.5) is 0 Å². The summed E-state index contributed by atoms with van der Waals surface area (Å²) in [6.07, 6.45) is 0. The van der Waals surface area contributed by atoms with Gasteiger partial charge in [-0.25, -0.2) is 0 Å². The van der Waals surface area contributed by atoms with Crippen LogP contribution in [0.25, 0.3) is 48.9 Å². The fourth-order valence-corrected chi connectivity index (χ4v) is 4.31. The van der Waals surface area contributed by atoms with E-state index in [1.807, 2.05) is 12.1 Å². The van der Waals surface area contributed by atoms with Crippen LogP contribution in [0, 0.1) is 11.3 Å². The predicted octanol–water partition coefficient (Wildman–Crippen LogP) is 5.86. The Morgan fingerprint density at radius 2 is 1.44 bits per heavy atom. The number of hydrogen-bond donors (Lipinski definition) is 0. The molecule has 0 unspecified atom stereocenters. The minimum atomic E-state index is 0.704. The maximum absolute atomic E-state index is 9.36. The van der Waals surface area contributed by atoms with Gasteiger partial charge in [0.1, 0.15) is 0 Å². The number of fused-ring (bicyclic) bond motifs is 8. The van der Waals surface area contributed by atoms with Gasteiger partial charge in [-0.05, 0) is 41.1 Å². The summed E-state index contributed by atoms with van der Waals surface area (Å²) >= 11 is 0. The lowest BCUT2D eigenvalue weighted by atomic mass is 10.00. The van der Waals surface area contributed by atoms with E-state index in [0.717, 1.165) is 10.9 Å². The topological polar surface area (TPSA) is 28.2 Å². The molecule has 25 heavy (non-hydrogen) atoms. The van der Waals surface area contributed by atoms with Crippen LogP contribution in [0.3, 0.4) is 0 Å². The first kappa shape index (κ1) is 12.8. The molecule has 0 fully saturated rings. The minimum Gasteiger partial charge on any atom is -0.308 e. The van der Waals surface area contributed by atoms with Crippen molar-refractivity contribution in [1.82, 2.24) is 4.40 Å². The summed E-state index contributed by atoms with van der Waals surface area (Å²) in [5.41, 5.74) is 4.34. The predicted molar refractivity (Wildman–Crippen MR) is 103 cm³/mol. The van der Waals surface area contributed by atoms with Crippen molar-refractivity contribution in [2.75, 3.05) is 0 Å². The summed E-state index contributed by atoms with van der Waals surface area (Å²) in [5, 5.41) is 16.8. The summed E-state index contributed by atoms with van der Waals surface area (Å²) in [4.78, 5) is 0. The molecule has 6 rings (SSSR count). The van der Waals surface area contributed by atoms with Gasteiger partial charge in [0.2, 0.25) is 0 Å². The zero-order chi connectivity index (χ0) is 16.5. The van der Waals surface area contributed by atoms with Crippen LogP contribution >= 0.6 is 0 Å². The van der Waals surface area contributed by atoms with Crippen molar-refractivity contribution in [1.29, 1.82) is 5.26 Å². The van der Waals surface area contributed by atoms with E-state index in [9.17, 15) is 5.26 Å². The van der Waals surface area contributed by atoms with E-state index in [4.69, 9.17) is 0 Å². The number of nitrogens with zero attached hydrogens (tertiary/aromatic N) is 2. The minimum absolute atomic E-state index is 0.704. The number of rotatable bonds is 0. The Bertz CT molecular complexity index is 1500. The second kappa shape index (κ2) is 4.28. The van der Waals surface area contributed by atoms with E-state index in [1.54, 1.807) is 0 Å². The van der Waals surface area contributed by atoms with Gasteiger partial charge in [0, 0.05) is 21.5 Å². The van der Waals surface area contributed by atoms with Gasteiger partial charge < -0.3 is 4.40 Å². The summed E-state index contributed by atoms with van der Waals surface area (Å²) in [6.45, 7) is 0. The normalized spacial score (nSPS) is 12.0. The molecule has 0 saturated carbocycles. The third kappa shape index (κ3) is 1.44. The van der Waals surface area contributed by atoms with E-state index >= 15 is 0 Å². The Kier molecular flexibility index (Phi) is 2.19. The number of aromatic nitrogens is 1. The average molecular weight is 316 g/mol. The van der Waals surface area contributed by atoms with Crippen molar-refractivity contribution in [3.05, 3.63) is 78.4 Å². The molecule has 0 radical (unpaired) electrons. The highest BCUT2D eigenvalue weighted by Gasteiger charge is 2.19. The summed E-state index contributed by atoms with van der Waals surface area (Å²) in [5.74, 6) is 0. The largest absolute Gasteiger partial charge is 0.308 e. The molecule has 0 aliphatic carbocycles.